The van der Waals surface area contributed by atoms with E-state index in [9.17, 15) is 29.1 Å². The van der Waals surface area contributed by atoms with Gasteiger partial charge in [0.25, 0.3) is 0 Å². The molecule has 1 aliphatic rings. The number of benzene rings is 1. The Bertz CT molecular complexity index is 2320. The van der Waals surface area contributed by atoms with E-state index < -0.39 is 65.2 Å². The van der Waals surface area contributed by atoms with Crippen LogP contribution in [0.25, 0.3) is 11.2 Å². The zero-order chi connectivity index (χ0) is 42.0. The van der Waals surface area contributed by atoms with Gasteiger partial charge in [-0.15, -0.1) is 6.42 Å². The molecule has 0 radical (unpaired) electrons. The number of carbonyl (C=O) groups excluding carboxylic acids is 4. The molecule has 304 valence electrons. The van der Waals surface area contributed by atoms with Crippen molar-refractivity contribution < 1.29 is 56.8 Å². The molecule has 4 heterocycles. The Balaban J connectivity index is 1.35. The lowest BCUT2D eigenvalue weighted by Gasteiger charge is -2.32. The van der Waals surface area contributed by atoms with Gasteiger partial charge in [-0.25, -0.2) is 14.6 Å². The highest BCUT2D eigenvalue weighted by molar-refractivity contribution is 6.28. The number of aliphatic hydroxyl groups excluding tert-OH is 1. The van der Waals surface area contributed by atoms with Crippen molar-refractivity contribution in [3.05, 3.63) is 62.6 Å². The van der Waals surface area contributed by atoms with Crippen LogP contribution >= 0.6 is 11.6 Å². The summed E-state index contributed by atoms with van der Waals surface area (Å²) in [5, 5.41) is 12.6. The molecule has 0 bridgehead atoms. The number of hydrogen-bond donors (Lipinski definition) is 2. The minimum Gasteiger partial charge on any atom is -0.457 e. The number of halogens is 1. The van der Waals surface area contributed by atoms with Crippen LogP contribution in [0.5, 0.6) is 5.75 Å². The predicted octanol–water partition coefficient (Wildman–Crippen LogP) is 4.55. The average Bonchev–Trinajstić information content (AvgIpc) is 3.76. The number of carbonyl (C=O) groups is 4. The molecule has 0 spiro atoms. The van der Waals surface area contributed by atoms with Crippen molar-refractivity contribution in [2.45, 2.75) is 104 Å². The van der Waals surface area contributed by atoms with Crippen LogP contribution < -0.4 is 15.9 Å². The molecule has 1 fully saturated rings. The molecule has 5 rings (SSSR count). The summed E-state index contributed by atoms with van der Waals surface area (Å²) < 4.78 is 39.1. The van der Waals surface area contributed by atoms with Crippen molar-refractivity contribution in [2.24, 2.45) is 0 Å². The summed E-state index contributed by atoms with van der Waals surface area (Å²) in [6.45, 7) is 11.8. The van der Waals surface area contributed by atoms with Gasteiger partial charge >= 0.3 is 29.8 Å². The third-order valence-corrected chi connectivity index (χ3v) is 9.30. The van der Waals surface area contributed by atoms with Crippen LogP contribution in [0.15, 0.2) is 32.1 Å². The molecule has 0 aliphatic carbocycles. The molecule has 0 saturated carbocycles. The maximum Gasteiger partial charge on any atom is 0.519 e. The van der Waals surface area contributed by atoms with Crippen LogP contribution in [0, 0.1) is 33.1 Å². The third-order valence-electron chi connectivity index (χ3n) is 9.13. The van der Waals surface area contributed by atoms with Crippen molar-refractivity contribution >= 4 is 52.6 Å². The highest BCUT2D eigenvalue weighted by atomic mass is 35.5. The Hall–Kier alpha value is -5.77. The van der Waals surface area contributed by atoms with Crippen LogP contribution in [0.3, 0.4) is 0 Å². The monoisotopic (exact) mass is 811 g/mol. The van der Waals surface area contributed by atoms with E-state index in [2.05, 4.69) is 26.2 Å². The van der Waals surface area contributed by atoms with E-state index in [1.165, 1.54) is 38.6 Å². The smallest absolute Gasteiger partial charge is 0.457 e. The fraction of sp³-hybridized carbons (Fsp3) is 0.474. The van der Waals surface area contributed by atoms with Crippen molar-refractivity contribution in [1.29, 1.82) is 0 Å². The summed E-state index contributed by atoms with van der Waals surface area (Å²) in [6.07, 6.45) is 4.33. The molecule has 1 aliphatic heterocycles. The van der Waals surface area contributed by atoms with Gasteiger partial charge in [0.2, 0.25) is 5.28 Å². The number of ether oxygens (including phenoxy) is 5. The minimum absolute atomic E-state index is 0.0390. The summed E-state index contributed by atoms with van der Waals surface area (Å²) in [5.74, 6) is -0.108. The maximum absolute atomic E-state index is 13.8. The van der Waals surface area contributed by atoms with Crippen LogP contribution in [0.1, 0.15) is 81.7 Å². The second-order valence-corrected chi connectivity index (χ2v) is 15.1. The molecule has 19 heteroatoms. The van der Waals surface area contributed by atoms with E-state index in [0.29, 0.717) is 11.3 Å². The number of aromatic nitrogens is 4. The van der Waals surface area contributed by atoms with Crippen LogP contribution in [-0.2, 0) is 45.4 Å². The Morgan fingerprint density at radius 2 is 1.82 bits per heavy atom. The lowest BCUT2D eigenvalue weighted by atomic mass is 9.78. The first kappa shape index (κ1) is 42.4. The number of esters is 3. The number of fused-ring (bicyclic) bond motifs is 1. The summed E-state index contributed by atoms with van der Waals surface area (Å²) in [4.78, 5) is 75.3. The van der Waals surface area contributed by atoms with Gasteiger partial charge in [0.15, 0.2) is 46.8 Å². The highest BCUT2D eigenvalue weighted by Crippen LogP contribution is 2.41. The summed E-state index contributed by atoms with van der Waals surface area (Å²) >= 11 is 6.30. The molecule has 1 saturated heterocycles. The molecule has 18 nitrogen and oxygen atoms in total. The van der Waals surface area contributed by atoms with Crippen LogP contribution in [0.2, 0.25) is 5.28 Å². The number of amides is 1. The zero-order valence-electron chi connectivity index (χ0n) is 32.5. The van der Waals surface area contributed by atoms with Gasteiger partial charge in [0.1, 0.15) is 17.4 Å². The van der Waals surface area contributed by atoms with Crippen molar-refractivity contribution in [3.63, 3.8) is 0 Å². The fourth-order valence-corrected chi connectivity index (χ4v) is 6.93. The van der Waals surface area contributed by atoms with E-state index in [1.807, 2.05) is 33.8 Å². The molecule has 1 aromatic carbocycles. The number of imidazole rings is 1. The largest absolute Gasteiger partial charge is 0.519 e. The normalized spacial score (nSPS) is 18.2. The molecule has 57 heavy (non-hydrogen) atoms. The molecule has 4 aromatic rings. The highest BCUT2D eigenvalue weighted by Gasteiger charge is 2.53. The third kappa shape index (κ3) is 9.44. The number of nitrogens with one attached hydrogen (secondary N) is 1. The summed E-state index contributed by atoms with van der Waals surface area (Å²) in [6, 6.07) is 2.73. The van der Waals surface area contributed by atoms with Crippen LogP contribution in [-0.4, -0.2) is 79.1 Å². The fourth-order valence-electron chi connectivity index (χ4n) is 6.76. The van der Waals surface area contributed by atoms with E-state index in [4.69, 9.17) is 50.5 Å². The number of hydrogen-bond acceptors (Lipinski definition) is 16. The number of nitrogens with zero attached hydrogens (tertiary/aromatic N) is 4. The SMILES string of the molecule is C#C[C@]1(CO)OCC(n2cnc3c(NC(=O)OC(C)(C)CC(=O)OCc4oc(=O)oc4C)nc(Cl)nc32)[C@@H]1OC(=O)CC(C)(C)c1c(C)cc(C)cc1OC(C)=O. The van der Waals surface area contributed by atoms with Gasteiger partial charge in [-0.05, 0) is 63.4 Å². The van der Waals surface area contributed by atoms with E-state index >= 15 is 0 Å². The quantitative estimate of drug-likeness (QED) is 0.0619. The van der Waals surface area contributed by atoms with Crippen LogP contribution in [0.4, 0.5) is 10.6 Å². The number of rotatable bonds is 13. The second kappa shape index (κ2) is 16.4. The molecule has 3 atom stereocenters. The molecular weight excluding hydrogens is 770 g/mol. The number of terminal acetylenes is 1. The zero-order valence-corrected chi connectivity index (χ0v) is 33.3. The Morgan fingerprint density at radius 3 is 2.46 bits per heavy atom. The first-order valence-electron chi connectivity index (χ1n) is 17.5. The topological polar surface area (TPSA) is 234 Å². The molecule has 3 aromatic heterocycles. The number of aliphatic hydroxyl groups is 1. The molecule has 1 amide bonds. The van der Waals surface area contributed by atoms with E-state index in [-0.39, 0.29) is 59.8 Å². The van der Waals surface area contributed by atoms with Gasteiger partial charge < -0.3 is 42.2 Å². The average molecular weight is 812 g/mol. The lowest BCUT2D eigenvalue weighted by molar-refractivity contribution is -0.159. The Morgan fingerprint density at radius 1 is 1.11 bits per heavy atom. The summed E-state index contributed by atoms with van der Waals surface area (Å²) in [7, 11) is 0. The van der Waals surface area contributed by atoms with E-state index in [0.717, 1.165) is 11.1 Å². The van der Waals surface area contributed by atoms with Crippen molar-refractivity contribution in [1.82, 2.24) is 19.5 Å². The lowest BCUT2D eigenvalue weighted by Crippen LogP contribution is -2.47. The first-order valence-corrected chi connectivity index (χ1v) is 17.9. The van der Waals surface area contributed by atoms with Gasteiger partial charge in [-0.3, -0.25) is 19.7 Å². The van der Waals surface area contributed by atoms with Crippen molar-refractivity contribution in [2.75, 3.05) is 18.5 Å². The van der Waals surface area contributed by atoms with Crippen molar-refractivity contribution in [3.8, 4) is 18.1 Å². The number of anilines is 1. The first-order chi connectivity index (χ1) is 26.7. The summed E-state index contributed by atoms with van der Waals surface area (Å²) in [5.41, 5.74) is -1.63. The Labute approximate surface area is 331 Å². The van der Waals surface area contributed by atoms with Gasteiger partial charge in [0.05, 0.1) is 32.4 Å². The van der Waals surface area contributed by atoms with E-state index in [1.54, 1.807) is 6.07 Å². The van der Waals surface area contributed by atoms with Gasteiger partial charge in [-0.2, -0.15) is 9.97 Å². The Kier molecular flexibility index (Phi) is 12.2. The molecular formula is C38H42ClN5O13. The maximum atomic E-state index is 13.8. The second-order valence-electron chi connectivity index (χ2n) is 14.8. The molecule has 1 unspecified atom stereocenters. The standard InChI is InChI=1S/C38H42ClN5O13/c1-10-38(17-45)30(56-27(48)13-36(6,7)28-20(3)11-19(2)12-24(28)54-22(5)46)23(15-52-38)44-18-40-29-31(41-33(39)43-32(29)44)42-34(49)57-37(8,9)14-26(47)51-16-25-21(4)53-35(50)55-25/h1,11-12,18,23,30,45H,13-17H2,2-9H3,(H,41,42,43,49)/t23?,30-,38+/m0/s1. The minimum atomic E-state index is -1.76. The molecule has 2 N–H and O–H groups in total. The van der Waals surface area contributed by atoms with Gasteiger partial charge in [-0.1, -0.05) is 25.8 Å². The number of aryl methyl sites for hydroxylation is 3. The van der Waals surface area contributed by atoms with Gasteiger partial charge in [0, 0.05) is 17.9 Å². The predicted molar refractivity (Wildman–Crippen MR) is 199 cm³/mol.